The molecule has 126 valence electrons. The van der Waals surface area contributed by atoms with E-state index in [9.17, 15) is 10.5 Å². The molecule has 1 aromatic carbocycles. The number of H-pyrrole nitrogens is 1. The number of benzene rings is 1. The first-order valence-electron chi connectivity index (χ1n) is 7.88. The molecule has 0 atom stereocenters. The van der Waals surface area contributed by atoms with E-state index in [1.165, 1.54) is 18.2 Å². The van der Waals surface area contributed by atoms with E-state index in [-0.39, 0.29) is 5.88 Å². The molecule has 0 saturated heterocycles. The molecule has 4 aromatic rings. The fourth-order valence-electron chi connectivity index (χ4n) is 3.53. The second-order valence-corrected chi connectivity index (χ2v) is 6.30. The molecule has 0 saturated carbocycles. The minimum Gasteiger partial charge on any atom is -0.481 e. The Morgan fingerprint density at radius 1 is 1.08 bits per heavy atom. The van der Waals surface area contributed by atoms with E-state index < -0.39 is 0 Å². The van der Waals surface area contributed by atoms with E-state index in [4.69, 9.17) is 9.62 Å². The van der Waals surface area contributed by atoms with E-state index in [1.807, 2.05) is 13.0 Å². The van der Waals surface area contributed by atoms with Crippen molar-refractivity contribution in [1.82, 2.24) is 9.38 Å². The first kappa shape index (κ1) is 15.4. The van der Waals surface area contributed by atoms with E-state index in [0.717, 1.165) is 27.4 Å². The van der Waals surface area contributed by atoms with Gasteiger partial charge < -0.3 is 14.6 Å². The molecule has 0 spiro atoms. The third-order valence-corrected chi connectivity index (χ3v) is 4.88. The second kappa shape index (κ2) is 5.16. The van der Waals surface area contributed by atoms with Crippen LogP contribution in [0.25, 0.3) is 27.3 Å². The maximum atomic E-state index is 9.53. The Bertz CT molecular complexity index is 1210. The van der Waals surface area contributed by atoms with Gasteiger partial charge in [0.1, 0.15) is 17.1 Å². The van der Waals surface area contributed by atoms with Gasteiger partial charge in [0.05, 0.1) is 12.6 Å². The summed E-state index contributed by atoms with van der Waals surface area (Å²) in [6.07, 6.45) is 0. The molecule has 0 fully saturated rings. The van der Waals surface area contributed by atoms with Crippen molar-refractivity contribution in [2.45, 2.75) is 20.8 Å². The van der Waals surface area contributed by atoms with Crippen molar-refractivity contribution in [1.29, 1.82) is 5.26 Å². The van der Waals surface area contributed by atoms with Crippen molar-refractivity contribution in [2.75, 3.05) is 7.11 Å². The van der Waals surface area contributed by atoms with Gasteiger partial charge in [0, 0.05) is 16.3 Å². The molecule has 3 heterocycles. The van der Waals surface area contributed by atoms with E-state index in [1.54, 1.807) is 4.40 Å². The van der Waals surface area contributed by atoms with Gasteiger partial charge in [0.15, 0.2) is 0 Å². The fraction of sp³-hybridized carbons (Fsp3) is 0.211. The highest BCUT2D eigenvalue weighted by Crippen LogP contribution is 2.42. The Balaban J connectivity index is 2.32. The third kappa shape index (κ3) is 1.87. The molecule has 4 rings (SSSR count). The number of methoxy groups -OCH3 is 1. The summed E-state index contributed by atoms with van der Waals surface area (Å²) in [5.41, 5.74) is 6.00. The number of nitrogens with zero attached hydrogens (tertiary/aromatic N) is 2. The van der Waals surface area contributed by atoms with Crippen LogP contribution in [-0.4, -0.2) is 21.8 Å². The number of aromatic nitrogens is 2. The Kier molecular flexibility index (Phi) is 3.17. The standard InChI is InChI=1S/C19H17N3O3/c1-9-5-12-14(6-10(9)2)21-17-16(12)15-7-11(3)13(8-20)18(24-4)22(15)19(17)25-23/h5-7,21,23H,1-4H3. The van der Waals surface area contributed by atoms with Crippen molar-refractivity contribution in [3.8, 4) is 17.8 Å². The number of pyridine rings is 1. The van der Waals surface area contributed by atoms with Gasteiger partial charge in [-0.2, -0.15) is 5.26 Å². The van der Waals surface area contributed by atoms with Crippen LogP contribution in [-0.2, 0) is 0 Å². The van der Waals surface area contributed by atoms with Gasteiger partial charge >= 0.3 is 0 Å². The molecule has 0 amide bonds. The fourth-order valence-corrected chi connectivity index (χ4v) is 3.53. The molecule has 2 N–H and O–H groups in total. The molecule has 0 aliphatic carbocycles. The number of aryl methyl sites for hydroxylation is 3. The van der Waals surface area contributed by atoms with E-state index in [2.05, 4.69) is 37.0 Å². The summed E-state index contributed by atoms with van der Waals surface area (Å²) in [7, 11) is 1.50. The number of rotatable bonds is 2. The summed E-state index contributed by atoms with van der Waals surface area (Å²) in [5.74, 6) is 0.535. The Hall–Kier alpha value is -3.17. The molecular formula is C19H17N3O3. The van der Waals surface area contributed by atoms with E-state index >= 15 is 0 Å². The van der Waals surface area contributed by atoms with Crippen LogP contribution < -0.4 is 9.62 Å². The number of ether oxygens (including phenoxy) is 1. The van der Waals surface area contributed by atoms with Gasteiger partial charge in [0.2, 0.25) is 5.88 Å². The monoisotopic (exact) mass is 335 g/mol. The van der Waals surface area contributed by atoms with Crippen LogP contribution >= 0.6 is 0 Å². The molecule has 0 unspecified atom stereocenters. The average Bonchev–Trinajstić information content (AvgIpc) is 3.08. The predicted octanol–water partition coefficient (Wildman–Crippen LogP) is 4.23. The van der Waals surface area contributed by atoms with Crippen molar-refractivity contribution in [3.05, 3.63) is 40.5 Å². The maximum Gasteiger partial charge on any atom is 0.268 e. The summed E-state index contributed by atoms with van der Waals surface area (Å²) in [4.78, 5) is 8.01. The predicted molar refractivity (Wildman–Crippen MR) is 95.5 cm³/mol. The van der Waals surface area contributed by atoms with Crippen LogP contribution in [0.15, 0.2) is 18.2 Å². The van der Waals surface area contributed by atoms with Gasteiger partial charge in [-0.25, -0.2) is 9.66 Å². The molecule has 0 aliphatic rings. The maximum absolute atomic E-state index is 9.53. The topological polar surface area (TPSA) is 82.7 Å². The zero-order chi connectivity index (χ0) is 17.9. The smallest absolute Gasteiger partial charge is 0.268 e. The molecule has 3 aromatic heterocycles. The normalized spacial score (nSPS) is 11.4. The molecule has 0 aliphatic heterocycles. The average molecular weight is 335 g/mol. The Morgan fingerprint density at radius 2 is 1.80 bits per heavy atom. The lowest BCUT2D eigenvalue weighted by Gasteiger charge is -2.11. The molecular weight excluding hydrogens is 318 g/mol. The number of nitriles is 1. The van der Waals surface area contributed by atoms with Crippen molar-refractivity contribution in [3.63, 3.8) is 0 Å². The van der Waals surface area contributed by atoms with Crippen LogP contribution in [0.4, 0.5) is 0 Å². The van der Waals surface area contributed by atoms with Crippen molar-refractivity contribution in [2.24, 2.45) is 0 Å². The summed E-state index contributed by atoms with van der Waals surface area (Å²) in [6.45, 7) is 5.99. The highest BCUT2D eigenvalue weighted by Gasteiger charge is 2.24. The lowest BCUT2D eigenvalue weighted by Crippen LogP contribution is -2.02. The molecule has 6 heteroatoms. The van der Waals surface area contributed by atoms with Crippen molar-refractivity contribution >= 4 is 27.3 Å². The zero-order valence-electron chi connectivity index (χ0n) is 14.4. The first-order valence-corrected chi connectivity index (χ1v) is 7.88. The number of hydrogen-bond donors (Lipinski definition) is 2. The lowest BCUT2D eigenvalue weighted by molar-refractivity contribution is -0.141. The van der Waals surface area contributed by atoms with Crippen LogP contribution in [0, 0.1) is 32.1 Å². The zero-order valence-corrected chi connectivity index (χ0v) is 14.4. The molecule has 0 radical (unpaired) electrons. The molecule has 0 bridgehead atoms. The highest BCUT2D eigenvalue weighted by molar-refractivity contribution is 6.18. The van der Waals surface area contributed by atoms with Gasteiger partial charge in [-0.1, -0.05) is 0 Å². The second-order valence-electron chi connectivity index (χ2n) is 6.30. The number of nitrogens with one attached hydrogen (secondary N) is 1. The third-order valence-electron chi connectivity index (χ3n) is 4.88. The van der Waals surface area contributed by atoms with Crippen LogP contribution in [0.3, 0.4) is 0 Å². The minimum absolute atomic E-state index is 0.199. The SMILES string of the molecule is COc1c(C#N)c(C)cc2c3c([nH]c4cc(C)c(C)cc43)c(OO)n12. The van der Waals surface area contributed by atoms with Crippen LogP contribution in [0.1, 0.15) is 22.3 Å². The summed E-state index contributed by atoms with van der Waals surface area (Å²) < 4.78 is 7.09. The summed E-state index contributed by atoms with van der Waals surface area (Å²) >= 11 is 0. The van der Waals surface area contributed by atoms with Crippen LogP contribution in [0.2, 0.25) is 0 Å². The number of fused-ring (bicyclic) bond motifs is 5. The number of hydrogen-bond acceptors (Lipinski definition) is 4. The van der Waals surface area contributed by atoms with E-state index in [0.29, 0.717) is 17.0 Å². The number of aromatic amines is 1. The highest BCUT2D eigenvalue weighted by atomic mass is 17.1. The summed E-state index contributed by atoms with van der Waals surface area (Å²) in [6, 6.07) is 8.26. The van der Waals surface area contributed by atoms with Gasteiger partial charge in [-0.05, 0) is 55.7 Å². The van der Waals surface area contributed by atoms with Crippen molar-refractivity contribution < 1.29 is 14.9 Å². The largest absolute Gasteiger partial charge is 0.481 e. The molecule has 6 nitrogen and oxygen atoms in total. The minimum atomic E-state index is 0.199. The van der Waals surface area contributed by atoms with Gasteiger partial charge in [-0.15, -0.1) is 0 Å². The molecule has 25 heavy (non-hydrogen) atoms. The van der Waals surface area contributed by atoms with Gasteiger partial charge in [0.25, 0.3) is 5.88 Å². The summed E-state index contributed by atoms with van der Waals surface area (Å²) in [5, 5.41) is 21.0. The quantitative estimate of drug-likeness (QED) is 0.424. The van der Waals surface area contributed by atoms with Crippen LogP contribution in [0.5, 0.6) is 11.8 Å². The Labute approximate surface area is 143 Å². The van der Waals surface area contributed by atoms with Gasteiger partial charge in [-0.3, -0.25) is 0 Å². The Morgan fingerprint density at radius 3 is 2.44 bits per heavy atom. The first-order chi connectivity index (χ1) is 12.0. The lowest BCUT2D eigenvalue weighted by atomic mass is 10.1.